The van der Waals surface area contributed by atoms with Crippen LogP contribution < -0.4 is 26.8 Å². The van der Waals surface area contributed by atoms with Crippen molar-refractivity contribution in [1.29, 1.82) is 0 Å². The Morgan fingerprint density at radius 3 is 2.71 bits per heavy atom. The maximum atomic E-state index is 12.0. The van der Waals surface area contributed by atoms with E-state index < -0.39 is 0 Å². The molecule has 5 atom stereocenters. The van der Waals surface area contributed by atoms with Crippen LogP contribution in [0.4, 0.5) is 0 Å². The van der Waals surface area contributed by atoms with Gasteiger partial charge in [0.25, 0.3) is 0 Å². The second kappa shape index (κ2) is 6.98. The number of carbonyl (C=O) groups excluding carboxylic acids is 2. The predicted octanol–water partition coefficient (Wildman–Crippen LogP) is -0.258. The number of nitrogens with one attached hydrogen (secondary N) is 5. The summed E-state index contributed by atoms with van der Waals surface area (Å²) in [5.41, 5.74) is 5.97. The zero-order chi connectivity index (χ0) is 16.5. The van der Waals surface area contributed by atoms with E-state index in [9.17, 15) is 9.59 Å². The van der Waals surface area contributed by atoms with E-state index in [1.54, 1.807) is 0 Å². The van der Waals surface area contributed by atoms with Crippen molar-refractivity contribution >= 4 is 11.8 Å². The minimum absolute atomic E-state index is 0.0476. The van der Waals surface area contributed by atoms with Crippen molar-refractivity contribution in [2.45, 2.75) is 75.7 Å². The van der Waals surface area contributed by atoms with Crippen molar-refractivity contribution in [2.24, 2.45) is 11.8 Å². The Labute approximate surface area is 143 Å². The minimum atomic E-state index is 0.0476. The zero-order valence-electron chi connectivity index (χ0n) is 14.1. The number of carbonyl (C=O) groups is 2. The summed E-state index contributed by atoms with van der Waals surface area (Å²) in [6.07, 6.45) is 8.48. The lowest BCUT2D eigenvalue weighted by Crippen LogP contribution is -2.72. The molecule has 0 aromatic rings. The molecule has 2 heterocycles. The molecule has 7 nitrogen and oxygen atoms in total. The molecule has 4 aliphatic rings. The van der Waals surface area contributed by atoms with Crippen molar-refractivity contribution < 1.29 is 9.59 Å². The summed E-state index contributed by atoms with van der Waals surface area (Å²) in [4.78, 5) is 24.0. The largest absolute Gasteiger partial charge is 0.353 e. The third-order valence-electron chi connectivity index (χ3n) is 5.94. The lowest BCUT2D eigenvalue weighted by Gasteiger charge is -2.44. The molecule has 24 heavy (non-hydrogen) atoms. The molecule has 2 amide bonds. The molecule has 5 unspecified atom stereocenters. The van der Waals surface area contributed by atoms with Gasteiger partial charge in [0.2, 0.25) is 11.8 Å². The number of hydrogen-bond acceptors (Lipinski definition) is 5. The van der Waals surface area contributed by atoms with E-state index in [4.69, 9.17) is 0 Å². The van der Waals surface area contributed by atoms with Gasteiger partial charge in [-0.25, -0.2) is 5.43 Å². The smallest absolute Gasteiger partial charge is 0.238 e. The van der Waals surface area contributed by atoms with Crippen LogP contribution in [-0.2, 0) is 9.59 Å². The molecule has 5 N–H and O–H groups in total. The summed E-state index contributed by atoms with van der Waals surface area (Å²) >= 11 is 0. The van der Waals surface area contributed by atoms with Gasteiger partial charge < -0.3 is 10.6 Å². The van der Waals surface area contributed by atoms with Crippen molar-refractivity contribution in [1.82, 2.24) is 26.8 Å². The maximum Gasteiger partial charge on any atom is 0.238 e. The molecule has 0 bridgehead atoms. The third kappa shape index (κ3) is 3.58. The van der Waals surface area contributed by atoms with Crippen LogP contribution >= 0.6 is 0 Å². The predicted molar refractivity (Wildman–Crippen MR) is 89.6 cm³/mol. The Morgan fingerprint density at radius 1 is 1.04 bits per heavy atom. The van der Waals surface area contributed by atoms with Gasteiger partial charge in [0.15, 0.2) is 0 Å². The lowest BCUT2D eigenvalue weighted by molar-refractivity contribution is -0.132. The molecule has 0 spiro atoms. The van der Waals surface area contributed by atoms with Gasteiger partial charge in [0, 0.05) is 24.0 Å². The van der Waals surface area contributed by atoms with E-state index in [1.165, 1.54) is 0 Å². The van der Waals surface area contributed by atoms with Gasteiger partial charge >= 0.3 is 0 Å². The number of hydrazine groups is 1. The molecular formula is C17H29N5O2. The van der Waals surface area contributed by atoms with Crippen molar-refractivity contribution in [3.63, 3.8) is 0 Å². The molecule has 134 valence electrons. The normalized spacial score (nSPS) is 39.7. The van der Waals surface area contributed by atoms with Crippen molar-refractivity contribution in [3.8, 4) is 0 Å². The topological polar surface area (TPSA) is 94.3 Å². The zero-order valence-corrected chi connectivity index (χ0v) is 14.1. The monoisotopic (exact) mass is 335 g/mol. The third-order valence-corrected chi connectivity index (χ3v) is 5.94. The molecule has 2 aliphatic carbocycles. The second-order valence-corrected chi connectivity index (χ2v) is 7.85. The molecule has 2 aliphatic heterocycles. The van der Waals surface area contributed by atoms with Crippen LogP contribution in [0, 0.1) is 11.8 Å². The van der Waals surface area contributed by atoms with Gasteiger partial charge in [-0.1, -0.05) is 0 Å². The first-order chi connectivity index (χ1) is 11.7. The molecule has 2 saturated heterocycles. The lowest BCUT2D eigenvalue weighted by atomic mass is 9.85. The molecule has 2 saturated carbocycles. The average Bonchev–Trinajstić information content (AvgIpc) is 3.43. The first-order valence-electron chi connectivity index (χ1n) is 9.56. The summed E-state index contributed by atoms with van der Waals surface area (Å²) < 4.78 is 0. The quantitative estimate of drug-likeness (QED) is 0.488. The number of piperidine rings is 1. The molecular weight excluding hydrogens is 306 g/mol. The highest BCUT2D eigenvalue weighted by Gasteiger charge is 2.41. The Morgan fingerprint density at radius 2 is 1.88 bits per heavy atom. The standard InChI is InChI=1S/C17H29N5O2/c23-16(10-6-7-10)20-12-4-1-3-11(9-12)19-15-14-13(5-2-8-18-14)17(24)22-21-15/h10-15,18-19,21H,1-9H2,(H,20,23)(H,22,24). The van der Waals surface area contributed by atoms with Crippen LogP contribution in [0.3, 0.4) is 0 Å². The summed E-state index contributed by atoms with van der Waals surface area (Å²) in [6.45, 7) is 0.971. The molecule has 0 aromatic heterocycles. The van der Waals surface area contributed by atoms with E-state index in [0.717, 1.165) is 57.9 Å². The van der Waals surface area contributed by atoms with Gasteiger partial charge in [-0.2, -0.15) is 0 Å². The number of rotatable bonds is 4. The minimum Gasteiger partial charge on any atom is -0.353 e. The summed E-state index contributed by atoms with van der Waals surface area (Å²) in [5.74, 6) is 0.674. The molecule has 0 radical (unpaired) electrons. The van der Waals surface area contributed by atoms with E-state index in [-0.39, 0.29) is 41.9 Å². The average molecular weight is 335 g/mol. The van der Waals surface area contributed by atoms with Gasteiger partial charge in [-0.05, 0) is 57.9 Å². The Bertz CT molecular complexity index is 495. The fraction of sp³-hybridized carbons (Fsp3) is 0.882. The van der Waals surface area contributed by atoms with Crippen LogP contribution in [-0.4, -0.2) is 42.7 Å². The van der Waals surface area contributed by atoms with Crippen LogP contribution in [0.1, 0.15) is 51.4 Å². The maximum absolute atomic E-state index is 12.0. The fourth-order valence-corrected chi connectivity index (χ4v) is 4.42. The summed E-state index contributed by atoms with van der Waals surface area (Å²) in [6, 6.07) is 0.812. The highest BCUT2D eigenvalue weighted by Crippen LogP contribution is 2.30. The first-order valence-corrected chi connectivity index (χ1v) is 9.56. The summed E-state index contributed by atoms with van der Waals surface area (Å²) in [5, 5.41) is 10.4. The molecule has 4 rings (SSSR count). The highest BCUT2D eigenvalue weighted by molar-refractivity contribution is 5.81. The van der Waals surface area contributed by atoms with Crippen LogP contribution in [0.25, 0.3) is 0 Å². The van der Waals surface area contributed by atoms with Gasteiger partial charge in [-0.15, -0.1) is 0 Å². The summed E-state index contributed by atoms with van der Waals surface area (Å²) in [7, 11) is 0. The number of fused-ring (bicyclic) bond motifs is 1. The van der Waals surface area contributed by atoms with E-state index >= 15 is 0 Å². The molecule has 7 heteroatoms. The van der Waals surface area contributed by atoms with Gasteiger partial charge in [0.1, 0.15) is 0 Å². The Hall–Kier alpha value is -1.18. The van der Waals surface area contributed by atoms with Crippen molar-refractivity contribution in [3.05, 3.63) is 0 Å². The van der Waals surface area contributed by atoms with Crippen LogP contribution in [0.5, 0.6) is 0 Å². The molecule has 0 aromatic carbocycles. The van der Waals surface area contributed by atoms with Crippen LogP contribution in [0.15, 0.2) is 0 Å². The van der Waals surface area contributed by atoms with Crippen molar-refractivity contribution in [2.75, 3.05) is 6.54 Å². The van der Waals surface area contributed by atoms with E-state index in [2.05, 4.69) is 26.8 Å². The SMILES string of the molecule is O=C(NC1CCCC(NC2NNC(=O)C3CCCNC23)C1)C1CC1. The number of amides is 2. The first kappa shape index (κ1) is 16.3. The Balaban J connectivity index is 1.32. The van der Waals surface area contributed by atoms with E-state index in [0.29, 0.717) is 6.04 Å². The van der Waals surface area contributed by atoms with Gasteiger partial charge in [-0.3, -0.25) is 20.3 Å². The van der Waals surface area contributed by atoms with E-state index in [1.807, 2.05) is 0 Å². The number of hydrogen-bond donors (Lipinski definition) is 5. The van der Waals surface area contributed by atoms with Crippen LogP contribution in [0.2, 0.25) is 0 Å². The highest BCUT2D eigenvalue weighted by atomic mass is 16.2. The van der Waals surface area contributed by atoms with Gasteiger partial charge in [0.05, 0.1) is 12.1 Å². The molecule has 4 fully saturated rings. The second-order valence-electron chi connectivity index (χ2n) is 7.85. The fourth-order valence-electron chi connectivity index (χ4n) is 4.42. The Kier molecular flexibility index (Phi) is 4.74.